The number of aliphatic hydroxyl groups is 1. The fraction of sp³-hybridized carbons (Fsp3) is 0.394. The monoisotopic (exact) mass is 625 g/mol. The molecule has 240 valence electrons. The van der Waals surface area contributed by atoms with E-state index in [1.807, 2.05) is 24.3 Å². The molecule has 4 rings (SSSR count). The first-order valence-electron chi connectivity index (χ1n) is 15.1. The number of hydrogen-bond donors (Lipinski definition) is 3. The fourth-order valence-corrected chi connectivity index (χ4v) is 5.08. The van der Waals surface area contributed by atoms with Crippen molar-refractivity contribution < 1.29 is 19.4 Å². The standard InChI is InChI=1S/C33H39N9O4/c1-32(2,3)17-18-36-40-31(44)33(21-24-9-4-5-10-25(24)22-37-41-34)29(27-11-6-7-12-28(27)39-42-35)46-30(38-33)23-13-15-26(16-14-23)45-20-8-19-43/h4-7,9-16,29,36,43H,8,17-22H2,1-3H3,(H,40,44)/t29-,33-/m0/s1. The van der Waals surface area contributed by atoms with Gasteiger partial charge in [0, 0.05) is 52.6 Å². The van der Waals surface area contributed by atoms with Crippen molar-refractivity contribution >= 4 is 17.5 Å². The second kappa shape index (κ2) is 15.8. The molecule has 46 heavy (non-hydrogen) atoms. The lowest BCUT2D eigenvalue weighted by Gasteiger charge is -2.32. The van der Waals surface area contributed by atoms with Crippen LogP contribution in [0.25, 0.3) is 20.9 Å². The third kappa shape index (κ3) is 8.56. The van der Waals surface area contributed by atoms with Crippen LogP contribution in [-0.2, 0) is 22.5 Å². The second-order valence-electron chi connectivity index (χ2n) is 12.1. The van der Waals surface area contributed by atoms with Crippen molar-refractivity contribution in [3.63, 3.8) is 0 Å². The van der Waals surface area contributed by atoms with E-state index in [0.29, 0.717) is 42.1 Å². The molecule has 1 heterocycles. The largest absolute Gasteiger partial charge is 0.494 e. The molecule has 13 heteroatoms. The van der Waals surface area contributed by atoms with Crippen molar-refractivity contribution in [2.45, 2.75) is 58.2 Å². The number of carbonyl (C=O) groups is 1. The Kier molecular flexibility index (Phi) is 11.6. The van der Waals surface area contributed by atoms with Gasteiger partial charge in [0.15, 0.2) is 11.6 Å². The van der Waals surface area contributed by atoms with Crippen LogP contribution in [0.2, 0.25) is 0 Å². The Morgan fingerprint density at radius 3 is 2.46 bits per heavy atom. The smallest absolute Gasteiger partial charge is 0.266 e. The third-order valence-electron chi connectivity index (χ3n) is 7.49. The summed E-state index contributed by atoms with van der Waals surface area (Å²) in [5.74, 6) is 0.389. The molecule has 0 bridgehead atoms. The van der Waals surface area contributed by atoms with Gasteiger partial charge in [-0.2, -0.15) is 0 Å². The average Bonchev–Trinajstić information content (AvgIpc) is 3.43. The van der Waals surface area contributed by atoms with Crippen LogP contribution in [0.1, 0.15) is 62.0 Å². The predicted molar refractivity (Wildman–Crippen MR) is 175 cm³/mol. The van der Waals surface area contributed by atoms with Gasteiger partial charge in [-0.05, 0) is 58.3 Å². The number of nitrogens with zero attached hydrogens (tertiary/aromatic N) is 7. The first kappa shape index (κ1) is 33.8. The zero-order valence-corrected chi connectivity index (χ0v) is 26.3. The number of hydrazine groups is 1. The van der Waals surface area contributed by atoms with E-state index < -0.39 is 17.6 Å². The molecule has 0 fully saturated rings. The summed E-state index contributed by atoms with van der Waals surface area (Å²) in [4.78, 5) is 25.4. The molecule has 13 nitrogen and oxygen atoms in total. The maximum Gasteiger partial charge on any atom is 0.266 e. The molecule has 2 atom stereocenters. The molecule has 0 saturated heterocycles. The molecule has 1 aliphatic rings. The van der Waals surface area contributed by atoms with Crippen molar-refractivity contribution in [3.05, 3.63) is 116 Å². The van der Waals surface area contributed by atoms with Gasteiger partial charge in [-0.25, -0.2) is 10.4 Å². The lowest BCUT2D eigenvalue weighted by atomic mass is 9.80. The Bertz CT molecular complexity index is 1620. The predicted octanol–water partition coefficient (Wildman–Crippen LogP) is 6.76. The first-order valence-corrected chi connectivity index (χ1v) is 15.1. The number of aliphatic hydroxyl groups excluding tert-OH is 1. The number of amides is 1. The minimum atomic E-state index is -1.58. The molecule has 3 N–H and O–H groups in total. The topological polar surface area (TPSA) is 190 Å². The zero-order valence-electron chi connectivity index (χ0n) is 26.3. The summed E-state index contributed by atoms with van der Waals surface area (Å²) in [6, 6.07) is 21.4. The van der Waals surface area contributed by atoms with Gasteiger partial charge >= 0.3 is 0 Å². The summed E-state index contributed by atoms with van der Waals surface area (Å²) in [5, 5.41) is 16.7. The Morgan fingerprint density at radius 2 is 1.76 bits per heavy atom. The van der Waals surface area contributed by atoms with E-state index in [1.165, 1.54) is 0 Å². The SMILES string of the molecule is CC(C)(C)CCNNC(=O)[C@@]1(Cc2ccccc2CN=[N+]=[N-])N=C(c2ccc(OCCCO)cc2)O[C@H]1c1ccccc1N=[N+]=[N-]. The minimum absolute atomic E-state index is 0.0304. The number of benzene rings is 3. The Balaban J connectivity index is 1.84. The maximum absolute atomic E-state index is 14.5. The van der Waals surface area contributed by atoms with Crippen LogP contribution in [0.5, 0.6) is 5.75 Å². The highest BCUT2D eigenvalue weighted by molar-refractivity contribution is 6.01. The van der Waals surface area contributed by atoms with Crippen LogP contribution in [0.3, 0.4) is 0 Å². The van der Waals surface area contributed by atoms with Gasteiger partial charge in [-0.1, -0.05) is 79.5 Å². The highest BCUT2D eigenvalue weighted by Crippen LogP contribution is 2.45. The average molecular weight is 626 g/mol. The Hall–Kier alpha value is -5.06. The molecule has 0 radical (unpaired) electrons. The van der Waals surface area contributed by atoms with Crippen LogP contribution >= 0.6 is 0 Å². The molecule has 0 aliphatic carbocycles. The summed E-state index contributed by atoms with van der Waals surface area (Å²) >= 11 is 0. The minimum Gasteiger partial charge on any atom is -0.494 e. The summed E-state index contributed by atoms with van der Waals surface area (Å²) in [6.45, 7) is 7.36. The van der Waals surface area contributed by atoms with E-state index in [0.717, 1.165) is 17.5 Å². The molecule has 3 aromatic carbocycles. The second-order valence-corrected chi connectivity index (χ2v) is 12.1. The van der Waals surface area contributed by atoms with Crippen LogP contribution in [0.15, 0.2) is 88.0 Å². The molecular formula is C33H39N9O4. The normalized spacial score (nSPS) is 17.2. The van der Waals surface area contributed by atoms with Crippen molar-refractivity contribution in [2.24, 2.45) is 20.6 Å². The van der Waals surface area contributed by atoms with E-state index in [9.17, 15) is 10.3 Å². The summed E-state index contributed by atoms with van der Waals surface area (Å²) in [6.07, 6.45) is 0.391. The van der Waals surface area contributed by atoms with Crippen LogP contribution in [0.4, 0.5) is 5.69 Å². The Morgan fingerprint density at radius 1 is 1.04 bits per heavy atom. The molecule has 1 aliphatic heterocycles. The van der Waals surface area contributed by atoms with Gasteiger partial charge in [-0.3, -0.25) is 10.2 Å². The van der Waals surface area contributed by atoms with E-state index in [1.54, 1.807) is 48.5 Å². The zero-order chi connectivity index (χ0) is 33.0. The van der Waals surface area contributed by atoms with Crippen LogP contribution < -0.4 is 15.6 Å². The number of aliphatic imine (C=N–C) groups is 1. The van der Waals surface area contributed by atoms with Crippen LogP contribution in [-0.4, -0.2) is 42.2 Å². The molecule has 0 aromatic heterocycles. The van der Waals surface area contributed by atoms with E-state index in [2.05, 4.69) is 51.7 Å². The van der Waals surface area contributed by atoms with Crippen LogP contribution in [0, 0.1) is 5.41 Å². The molecule has 0 saturated carbocycles. The van der Waals surface area contributed by atoms with Gasteiger partial charge in [0.05, 0.1) is 13.2 Å². The van der Waals surface area contributed by atoms with Gasteiger partial charge in [-0.15, -0.1) is 0 Å². The quantitative estimate of drug-likeness (QED) is 0.0552. The van der Waals surface area contributed by atoms with E-state index in [-0.39, 0.29) is 30.9 Å². The van der Waals surface area contributed by atoms with Gasteiger partial charge in [0.1, 0.15) is 5.75 Å². The Labute approximate surface area is 267 Å². The molecule has 0 spiro atoms. The van der Waals surface area contributed by atoms with Gasteiger partial charge in [0.2, 0.25) is 5.90 Å². The number of nitrogens with one attached hydrogen (secondary N) is 2. The van der Waals surface area contributed by atoms with E-state index >= 15 is 0 Å². The van der Waals surface area contributed by atoms with E-state index in [4.69, 9.17) is 25.1 Å². The lowest BCUT2D eigenvalue weighted by molar-refractivity contribution is -0.130. The number of azide groups is 2. The van der Waals surface area contributed by atoms with Crippen molar-refractivity contribution in [2.75, 3.05) is 19.8 Å². The number of hydrogen-bond acceptors (Lipinski definition) is 8. The highest BCUT2D eigenvalue weighted by Gasteiger charge is 2.54. The van der Waals surface area contributed by atoms with Crippen molar-refractivity contribution in [1.29, 1.82) is 0 Å². The third-order valence-corrected chi connectivity index (χ3v) is 7.49. The van der Waals surface area contributed by atoms with Crippen molar-refractivity contribution in [3.8, 4) is 5.75 Å². The molecule has 3 aromatic rings. The molecule has 0 unspecified atom stereocenters. The number of ether oxygens (including phenoxy) is 2. The highest BCUT2D eigenvalue weighted by atomic mass is 16.5. The summed E-state index contributed by atoms with van der Waals surface area (Å²) in [7, 11) is 0. The number of rotatable bonds is 15. The first-order chi connectivity index (χ1) is 22.2. The lowest BCUT2D eigenvalue weighted by Crippen LogP contribution is -2.54. The summed E-state index contributed by atoms with van der Waals surface area (Å²) < 4.78 is 12.3. The fourth-order valence-electron chi connectivity index (χ4n) is 5.08. The van der Waals surface area contributed by atoms with Gasteiger partial charge < -0.3 is 14.6 Å². The molecule has 1 amide bonds. The van der Waals surface area contributed by atoms with Gasteiger partial charge in [0.25, 0.3) is 5.91 Å². The summed E-state index contributed by atoms with van der Waals surface area (Å²) in [5.41, 5.74) is 25.7. The maximum atomic E-state index is 14.5. The molecular weight excluding hydrogens is 586 g/mol. The number of carbonyl (C=O) groups excluding carboxylic acids is 1. The van der Waals surface area contributed by atoms with Crippen molar-refractivity contribution in [1.82, 2.24) is 10.9 Å².